The molecule has 1 aliphatic rings. The van der Waals surface area contributed by atoms with Crippen LogP contribution < -0.4 is 4.90 Å². The van der Waals surface area contributed by atoms with Crippen LogP contribution in [0, 0.1) is 0 Å². The van der Waals surface area contributed by atoms with Gasteiger partial charge in [0.05, 0.1) is 18.3 Å². The normalized spacial score (nSPS) is 17.8. The highest BCUT2D eigenvalue weighted by Gasteiger charge is 2.28. The van der Waals surface area contributed by atoms with Gasteiger partial charge < -0.3 is 4.74 Å². The van der Waals surface area contributed by atoms with Crippen molar-refractivity contribution in [2.24, 2.45) is 0 Å². The fourth-order valence-electron chi connectivity index (χ4n) is 1.87. The SMILES string of the molecule is CCOC(=O)N1c2ccccc2C=CC1CF. The Morgan fingerprint density at radius 3 is 2.94 bits per heavy atom. The van der Waals surface area contributed by atoms with E-state index < -0.39 is 18.8 Å². The molecule has 17 heavy (non-hydrogen) atoms. The molecule has 1 aromatic rings. The lowest BCUT2D eigenvalue weighted by Crippen LogP contribution is -2.42. The molecule has 0 bridgehead atoms. The largest absolute Gasteiger partial charge is 0.449 e. The molecule has 1 aromatic carbocycles. The fraction of sp³-hybridized carbons (Fsp3) is 0.308. The number of carbonyl (C=O) groups excluding carboxylic acids is 1. The number of fused-ring (bicyclic) bond motifs is 1. The molecule has 1 unspecified atom stereocenters. The molecule has 0 aromatic heterocycles. The van der Waals surface area contributed by atoms with Crippen LogP contribution in [0.15, 0.2) is 30.3 Å². The summed E-state index contributed by atoms with van der Waals surface area (Å²) in [4.78, 5) is 13.2. The summed E-state index contributed by atoms with van der Waals surface area (Å²) in [6.45, 7) is 1.39. The lowest BCUT2D eigenvalue weighted by atomic mass is 10.0. The number of ether oxygens (including phenoxy) is 1. The van der Waals surface area contributed by atoms with Crippen molar-refractivity contribution in [3.63, 3.8) is 0 Å². The summed E-state index contributed by atoms with van der Waals surface area (Å²) < 4.78 is 17.9. The van der Waals surface area contributed by atoms with Gasteiger partial charge in [-0.1, -0.05) is 30.4 Å². The van der Waals surface area contributed by atoms with Gasteiger partial charge in [-0.2, -0.15) is 0 Å². The molecule has 0 saturated heterocycles. The van der Waals surface area contributed by atoms with Gasteiger partial charge in [-0.25, -0.2) is 9.18 Å². The molecule has 0 N–H and O–H groups in total. The number of anilines is 1. The van der Waals surface area contributed by atoms with Crippen LogP contribution >= 0.6 is 0 Å². The highest BCUT2D eigenvalue weighted by atomic mass is 19.1. The minimum absolute atomic E-state index is 0.278. The van der Waals surface area contributed by atoms with Crippen LogP contribution in [0.1, 0.15) is 12.5 Å². The van der Waals surface area contributed by atoms with Crippen LogP contribution in [0.3, 0.4) is 0 Å². The molecule has 1 amide bonds. The van der Waals surface area contributed by atoms with Crippen molar-refractivity contribution in [2.45, 2.75) is 13.0 Å². The number of rotatable bonds is 2. The van der Waals surface area contributed by atoms with E-state index in [1.807, 2.05) is 24.3 Å². The third-order valence-electron chi connectivity index (χ3n) is 2.65. The van der Waals surface area contributed by atoms with Crippen molar-refractivity contribution in [3.8, 4) is 0 Å². The third-order valence-corrected chi connectivity index (χ3v) is 2.65. The summed E-state index contributed by atoms with van der Waals surface area (Å²) in [6.07, 6.45) is 3.00. The van der Waals surface area contributed by atoms with E-state index in [9.17, 15) is 9.18 Å². The van der Waals surface area contributed by atoms with Gasteiger partial charge in [-0.05, 0) is 18.6 Å². The van der Waals surface area contributed by atoms with Crippen molar-refractivity contribution in [1.29, 1.82) is 0 Å². The number of halogens is 1. The van der Waals surface area contributed by atoms with Crippen molar-refractivity contribution >= 4 is 17.9 Å². The number of hydrogen-bond acceptors (Lipinski definition) is 2. The number of para-hydroxylation sites is 1. The van der Waals surface area contributed by atoms with Gasteiger partial charge in [0.15, 0.2) is 0 Å². The van der Waals surface area contributed by atoms with E-state index in [-0.39, 0.29) is 6.61 Å². The van der Waals surface area contributed by atoms with Crippen LogP contribution in [0.2, 0.25) is 0 Å². The van der Waals surface area contributed by atoms with Gasteiger partial charge in [0.1, 0.15) is 6.67 Å². The third kappa shape index (κ3) is 2.16. The molecule has 0 fully saturated rings. The molecule has 3 nitrogen and oxygen atoms in total. The first kappa shape index (κ1) is 11.6. The number of alkyl halides is 1. The fourth-order valence-corrected chi connectivity index (χ4v) is 1.87. The maximum absolute atomic E-state index is 12.9. The van der Waals surface area contributed by atoms with Gasteiger partial charge >= 0.3 is 6.09 Å². The summed E-state index contributed by atoms with van der Waals surface area (Å²) in [5.74, 6) is 0. The Morgan fingerprint density at radius 1 is 1.47 bits per heavy atom. The van der Waals surface area contributed by atoms with E-state index in [0.717, 1.165) is 5.56 Å². The van der Waals surface area contributed by atoms with Crippen LogP contribution in [0.4, 0.5) is 14.9 Å². The zero-order valence-electron chi connectivity index (χ0n) is 9.60. The Balaban J connectivity index is 2.38. The average molecular weight is 235 g/mol. The Bertz CT molecular complexity index is 445. The standard InChI is InChI=1S/C13H14FNO2/c1-2-17-13(16)15-11(9-14)8-7-10-5-3-4-6-12(10)15/h3-8,11H,2,9H2,1H3. The Hall–Kier alpha value is -1.84. The lowest BCUT2D eigenvalue weighted by molar-refractivity contribution is 0.157. The van der Waals surface area contributed by atoms with Crippen LogP contribution in [0.25, 0.3) is 6.08 Å². The molecule has 1 aliphatic heterocycles. The van der Waals surface area contributed by atoms with E-state index in [0.29, 0.717) is 5.69 Å². The van der Waals surface area contributed by atoms with Gasteiger partial charge in [0.2, 0.25) is 0 Å². The van der Waals surface area contributed by atoms with E-state index >= 15 is 0 Å². The highest BCUT2D eigenvalue weighted by Crippen LogP contribution is 2.29. The summed E-state index contributed by atoms with van der Waals surface area (Å²) in [5.41, 5.74) is 1.58. The van der Waals surface area contributed by atoms with E-state index in [2.05, 4.69) is 0 Å². The van der Waals surface area contributed by atoms with Gasteiger partial charge in [0.25, 0.3) is 0 Å². The molecule has 1 heterocycles. The molecule has 90 valence electrons. The first-order chi connectivity index (χ1) is 8.27. The molecule has 2 rings (SSSR count). The summed E-state index contributed by atoms with van der Waals surface area (Å²) >= 11 is 0. The van der Waals surface area contributed by atoms with E-state index in [4.69, 9.17) is 4.74 Å². The molecule has 0 aliphatic carbocycles. The van der Waals surface area contributed by atoms with Crippen molar-refractivity contribution in [2.75, 3.05) is 18.2 Å². The summed E-state index contributed by atoms with van der Waals surface area (Å²) in [6, 6.07) is 6.79. The highest BCUT2D eigenvalue weighted by molar-refractivity contribution is 5.93. The Morgan fingerprint density at radius 2 is 2.24 bits per heavy atom. The van der Waals surface area contributed by atoms with Crippen molar-refractivity contribution in [1.82, 2.24) is 0 Å². The number of benzene rings is 1. The summed E-state index contributed by atoms with van der Waals surface area (Å²) in [5, 5.41) is 0. The predicted molar refractivity (Wildman–Crippen MR) is 64.7 cm³/mol. The zero-order valence-corrected chi connectivity index (χ0v) is 9.60. The molecular weight excluding hydrogens is 221 g/mol. The van der Waals surface area contributed by atoms with Crippen molar-refractivity contribution < 1.29 is 13.9 Å². The molecule has 4 heteroatoms. The number of amides is 1. The second-order valence-corrected chi connectivity index (χ2v) is 3.71. The molecule has 0 spiro atoms. The van der Waals surface area contributed by atoms with Crippen LogP contribution in [-0.2, 0) is 4.74 Å². The first-order valence-corrected chi connectivity index (χ1v) is 5.57. The van der Waals surface area contributed by atoms with Crippen molar-refractivity contribution in [3.05, 3.63) is 35.9 Å². The molecule has 1 atom stereocenters. The zero-order chi connectivity index (χ0) is 12.3. The van der Waals surface area contributed by atoms with Gasteiger partial charge in [-0.15, -0.1) is 0 Å². The monoisotopic (exact) mass is 235 g/mol. The minimum Gasteiger partial charge on any atom is -0.449 e. The Kier molecular flexibility index (Phi) is 3.42. The first-order valence-electron chi connectivity index (χ1n) is 5.57. The number of hydrogen-bond donors (Lipinski definition) is 0. The quantitative estimate of drug-likeness (QED) is 0.788. The predicted octanol–water partition coefficient (Wildman–Crippen LogP) is 3.01. The van der Waals surface area contributed by atoms with Crippen LogP contribution in [0.5, 0.6) is 0 Å². The van der Waals surface area contributed by atoms with Crippen LogP contribution in [-0.4, -0.2) is 25.4 Å². The topological polar surface area (TPSA) is 29.5 Å². The van der Waals surface area contributed by atoms with E-state index in [1.165, 1.54) is 4.90 Å². The number of carbonyl (C=O) groups is 1. The average Bonchev–Trinajstić information content (AvgIpc) is 2.37. The second kappa shape index (κ2) is 4.99. The van der Waals surface area contributed by atoms with Gasteiger partial charge in [0, 0.05) is 0 Å². The lowest BCUT2D eigenvalue weighted by Gasteiger charge is -2.31. The molecule has 0 radical (unpaired) electrons. The molecular formula is C13H14FNO2. The smallest absolute Gasteiger partial charge is 0.414 e. The summed E-state index contributed by atoms with van der Waals surface area (Å²) in [7, 11) is 0. The number of nitrogens with zero attached hydrogens (tertiary/aromatic N) is 1. The minimum atomic E-state index is -0.621. The molecule has 0 saturated carbocycles. The van der Waals surface area contributed by atoms with E-state index in [1.54, 1.807) is 19.1 Å². The Labute approximate surface area is 99.5 Å². The van der Waals surface area contributed by atoms with Gasteiger partial charge in [-0.3, -0.25) is 4.90 Å². The maximum Gasteiger partial charge on any atom is 0.414 e. The second-order valence-electron chi connectivity index (χ2n) is 3.71. The maximum atomic E-state index is 12.9.